The van der Waals surface area contributed by atoms with Gasteiger partial charge in [0.2, 0.25) is 5.71 Å². The van der Waals surface area contributed by atoms with E-state index in [1.165, 1.54) is 0 Å². The lowest BCUT2D eigenvalue weighted by Crippen LogP contribution is -2.36. The summed E-state index contributed by atoms with van der Waals surface area (Å²) in [4.78, 5) is 0. The van der Waals surface area contributed by atoms with Crippen LogP contribution in [0.1, 0.15) is 6.42 Å². The van der Waals surface area contributed by atoms with Crippen LogP contribution in [0.5, 0.6) is 0 Å². The fraction of sp³-hybridized carbons (Fsp3) is 0.219. The Hall–Kier alpha value is -5.67. The lowest BCUT2D eigenvalue weighted by molar-refractivity contribution is -0.821. The fourth-order valence-corrected chi connectivity index (χ4v) is 1.78. The van der Waals surface area contributed by atoms with E-state index in [1.54, 1.807) is 0 Å². The smallest absolute Gasteiger partial charge is 0.233 e. The van der Waals surface area contributed by atoms with Crippen molar-refractivity contribution in [1.29, 1.82) is 0 Å². The van der Waals surface area contributed by atoms with E-state index in [-0.39, 0.29) is 12.4 Å². The molecule has 0 aliphatic rings. The predicted octanol–water partition coefficient (Wildman–Crippen LogP) is 0.951. The molecule has 0 bridgehead atoms. The van der Waals surface area contributed by atoms with Gasteiger partial charge < -0.3 is 4.74 Å². The van der Waals surface area contributed by atoms with Gasteiger partial charge in [0, 0.05) is 11.8 Å². The van der Waals surface area contributed by atoms with Crippen molar-refractivity contribution in [2.24, 2.45) is 0 Å². The first-order chi connectivity index (χ1) is 16.8. The molecule has 0 aromatic heterocycles. The number of nitrogens with zero attached hydrogens (tertiary/aromatic N) is 2. The third-order valence-corrected chi connectivity index (χ3v) is 3.45. The molecule has 0 amide bonds. The van der Waals surface area contributed by atoms with Crippen molar-refractivity contribution in [1.82, 2.24) is 0 Å². The molecule has 0 spiro atoms. The minimum atomic E-state index is 0.108. The van der Waals surface area contributed by atoms with E-state index in [9.17, 15) is 0 Å². The maximum atomic E-state index is 5.17. The summed E-state index contributed by atoms with van der Waals surface area (Å²) < 4.78 is 7.58. The van der Waals surface area contributed by atoms with Crippen LogP contribution >= 0.6 is 0 Å². The average molecular weight is 451 g/mol. The van der Waals surface area contributed by atoms with Gasteiger partial charge >= 0.3 is 0 Å². The first-order valence-corrected chi connectivity index (χ1v) is 9.93. The van der Waals surface area contributed by atoms with E-state index in [1.807, 2.05) is 32.8 Å². The molecule has 0 atom stereocenters. The summed E-state index contributed by atoms with van der Waals surface area (Å²) in [7, 11) is 7.84. The Morgan fingerprint density at radius 3 is 1.83 bits per heavy atom. The van der Waals surface area contributed by atoms with Crippen LogP contribution in [-0.4, -0.2) is 56.1 Å². The maximum absolute atomic E-state index is 5.17. The highest BCUT2D eigenvalue weighted by atomic mass is 16.5. The highest BCUT2D eigenvalue weighted by Gasteiger charge is 2.16. The molecule has 0 aromatic rings. The average Bonchev–Trinajstić information content (AvgIpc) is 2.81. The summed E-state index contributed by atoms with van der Waals surface area (Å²) in [5, 5.41) is 0. The molecule has 0 N–H and O–H groups in total. The van der Waals surface area contributed by atoms with Gasteiger partial charge in [-0.15, -0.1) is 12.8 Å². The van der Waals surface area contributed by atoms with Gasteiger partial charge in [-0.25, -0.2) is 9.06 Å². The van der Waals surface area contributed by atoms with Gasteiger partial charge in [0.05, 0.1) is 26.4 Å². The van der Waals surface area contributed by atoms with E-state index < -0.39 is 0 Å². The second kappa shape index (κ2) is 19.0. The molecule has 35 heavy (non-hydrogen) atoms. The topological polar surface area (TPSA) is 12.2 Å². The molecular weight excluding hydrogens is 428 g/mol. The van der Waals surface area contributed by atoms with E-state index in [2.05, 4.69) is 125 Å². The Bertz CT molecular complexity index is 1510. The van der Waals surface area contributed by atoms with Crippen LogP contribution in [0.2, 0.25) is 0 Å². The minimum Gasteiger partial charge on any atom is -0.473 e. The quantitative estimate of drug-likeness (QED) is 0.200. The van der Waals surface area contributed by atoms with Crippen LogP contribution in [0.15, 0.2) is 12.3 Å². The van der Waals surface area contributed by atoms with Crippen molar-refractivity contribution in [3.8, 4) is 131 Å². The van der Waals surface area contributed by atoms with Crippen molar-refractivity contribution in [2.75, 3.05) is 41.3 Å². The molecule has 3 nitrogen and oxygen atoms in total. The van der Waals surface area contributed by atoms with Crippen LogP contribution < -0.4 is 0 Å². The molecule has 164 valence electrons. The van der Waals surface area contributed by atoms with Crippen LogP contribution in [-0.2, 0) is 4.74 Å². The van der Waals surface area contributed by atoms with E-state index in [4.69, 9.17) is 17.6 Å². The summed E-state index contributed by atoms with van der Waals surface area (Å²) in [6.45, 7) is 4.49. The zero-order valence-electron chi connectivity index (χ0n) is 20.3. The van der Waals surface area contributed by atoms with Gasteiger partial charge in [0.15, 0.2) is 18.4 Å². The van der Waals surface area contributed by atoms with Gasteiger partial charge in [-0.05, 0) is 101 Å². The standard InChI is InChI=1S/C32H22N2O/c1-8-10-12-20-24-30-35-31(3)25-21-18-16-14-15-17-19-22-26-32(33(4)5)27-29-34(6,7)28-23-13-11-9-2/h1-2H,3,27,29-30H2,4-7H3/q+2. The summed E-state index contributed by atoms with van der Waals surface area (Å²) in [5.74, 6) is 49.2. The van der Waals surface area contributed by atoms with E-state index >= 15 is 0 Å². The van der Waals surface area contributed by atoms with Gasteiger partial charge in [0.1, 0.15) is 20.6 Å². The van der Waals surface area contributed by atoms with Crippen molar-refractivity contribution >= 4 is 5.71 Å². The Morgan fingerprint density at radius 1 is 0.743 bits per heavy atom. The van der Waals surface area contributed by atoms with Gasteiger partial charge in [-0.1, -0.05) is 0 Å². The molecule has 0 saturated heterocycles. The first-order valence-electron chi connectivity index (χ1n) is 9.93. The zero-order chi connectivity index (χ0) is 26.2. The van der Waals surface area contributed by atoms with E-state index in [0.717, 1.165) is 18.7 Å². The van der Waals surface area contributed by atoms with Crippen molar-refractivity contribution < 1.29 is 13.8 Å². The maximum Gasteiger partial charge on any atom is 0.233 e. The summed E-state index contributed by atoms with van der Waals surface area (Å²) >= 11 is 0. The van der Waals surface area contributed by atoms with Crippen molar-refractivity contribution in [2.45, 2.75) is 6.42 Å². The zero-order valence-corrected chi connectivity index (χ0v) is 20.3. The third-order valence-electron chi connectivity index (χ3n) is 3.45. The van der Waals surface area contributed by atoms with E-state index in [0.29, 0.717) is 4.48 Å². The summed E-state index contributed by atoms with van der Waals surface area (Å²) in [5.41, 5.74) is 0.930. The number of hydrogen-bond donors (Lipinski definition) is 0. The Morgan fingerprint density at radius 2 is 1.26 bits per heavy atom. The van der Waals surface area contributed by atoms with Crippen molar-refractivity contribution in [3.05, 3.63) is 12.3 Å². The number of hydrogen-bond acceptors (Lipinski definition) is 1. The Labute approximate surface area is 211 Å². The molecule has 0 heterocycles. The predicted molar refractivity (Wildman–Crippen MR) is 141 cm³/mol. The molecule has 0 aliphatic heterocycles. The molecule has 0 radical (unpaired) electrons. The van der Waals surface area contributed by atoms with Crippen molar-refractivity contribution in [3.63, 3.8) is 0 Å². The Balaban J connectivity index is 4.81. The molecule has 0 aromatic carbocycles. The Kier molecular flexibility index (Phi) is 16.0. The summed E-state index contributed by atoms with van der Waals surface area (Å²) in [6, 6.07) is 3.06. The molecule has 0 unspecified atom stereocenters. The number of rotatable bonds is 5. The largest absolute Gasteiger partial charge is 0.473 e. The lowest BCUT2D eigenvalue weighted by Gasteiger charge is -2.19. The SMILES string of the molecule is C#CC#CC#CCOC(=C)C#CC#CC#CC#CC#CC(CC[N+](C)(C)C#CC#CC#C)=[N+](C)C. The highest BCUT2D eigenvalue weighted by molar-refractivity contribution is 5.97. The molecule has 0 fully saturated rings. The second-order valence-corrected chi connectivity index (χ2v) is 6.79. The molecule has 0 saturated carbocycles. The number of quaternary nitrogens is 1. The normalized spacial score (nSPS) is 6.91. The van der Waals surface area contributed by atoms with Gasteiger partial charge in [-0.2, -0.15) is 0 Å². The monoisotopic (exact) mass is 450 g/mol. The number of terminal acetylenes is 2. The number of allylic oxidation sites excluding steroid dienone is 1. The number of ether oxygens (including phenoxy) is 1. The van der Waals surface area contributed by atoms with Gasteiger partial charge in [-0.3, -0.25) is 0 Å². The van der Waals surface area contributed by atoms with Crippen LogP contribution in [0.3, 0.4) is 0 Å². The lowest BCUT2D eigenvalue weighted by atomic mass is 10.2. The first kappa shape index (κ1) is 29.3. The highest BCUT2D eigenvalue weighted by Crippen LogP contribution is 1.98. The molecule has 0 aliphatic carbocycles. The van der Waals surface area contributed by atoms with Crippen LogP contribution in [0.4, 0.5) is 0 Å². The molecule has 3 heteroatoms. The van der Waals surface area contributed by atoms with Gasteiger partial charge in [0.25, 0.3) is 0 Å². The fourth-order valence-electron chi connectivity index (χ4n) is 1.78. The molecule has 0 rings (SSSR count). The van der Waals surface area contributed by atoms with Crippen LogP contribution in [0, 0.1) is 131 Å². The summed E-state index contributed by atoms with van der Waals surface area (Å²) in [6.07, 6.45) is 10.8. The van der Waals surface area contributed by atoms with Crippen LogP contribution in [0.25, 0.3) is 0 Å². The second-order valence-electron chi connectivity index (χ2n) is 6.79. The minimum absolute atomic E-state index is 0.108. The third kappa shape index (κ3) is 18.8. The molecular formula is C32H22N2O+2.